The molecule has 1 aliphatic carbocycles. The first-order valence-corrected chi connectivity index (χ1v) is 7.86. The molecular weight excluding hydrogens is 375 g/mol. The number of carbonyl (C=O) groups excluding carboxylic acids is 1. The maximum Gasteiger partial charge on any atom is 0.332 e. The maximum atomic E-state index is 11.5. The van der Waals surface area contributed by atoms with Gasteiger partial charge in [-0.2, -0.15) is 0 Å². The van der Waals surface area contributed by atoms with Crippen LogP contribution in [0.15, 0.2) is 9.66 Å². The minimum atomic E-state index is -0.639. The molecule has 0 spiro atoms. The molecule has 6 heteroatoms. The van der Waals surface area contributed by atoms with Gasteiger partial charge in [0, 0.05) is 3.58 Å². The molecule has 1 fully saturated rings. The van der Waals surface area contributed by atoms with Gasteiger partial charge in [0.15, 0.2) is 5.79 Å². The highest BCUT2D eigenvalue weighted by Crippen LogP contribution is 2.46. The highest BCUT2D eigenvalue weighted by Gasteiger charge is 2.55. The maximum absolute atomic E-state index is 11.5. The average Bonchev–Trinajstić information content (AvgIpc) is 2.58. The summed E-state index contributed by atoms with van der Waals surface area (Å²) in [5.41, 5.74) is -0.419. The Balaban J connectivity index is 2.08. The molecule has 0 bridgehead atoms. The summed E-state index contributed by atoms with van der Waals surface area (Å²) in [5, 5.41) is 0. The summed E-state index contributed by atoms with van der Waals surface area (Å²) in [7, 11) is 0. The van der Waals surface area contributed by atoms with Crippen molar-refractivity contribution in [1.82, 2.24) is 0 Å². The third kappa shape index (κ3) is 3.35. The molecule has 0 N–H and O–H groups in total. The fourth-order valence-corrected chi connectivity index (χ4v) is 3.43. The van der Waals surface area contributed by atoms with Crippen molar-refractivity contribution in [2.24, 2.45) is 0 Å². The van der Waals surface area contributed by atoms with E-state index in [-0.39, 0.29) is 24.8 Å². The van der Waals surface area contributed by atoms with E-state index in [1.807, 2.05) is 20.8 Å². The van der Waals surface area contributed by atoms with E-state index in [0.717, 1.165) is 10.0 Å². The first-order valence-electron chi connectivity index (χ1n) is 6.78. The summed E-state index contributed by atoms with van der Waals surface area (Å²) in [5.74, 6) is -0.998. The van der Waals surface area contributed by atoms with Crippen LogP contribution in [-0.4, -0.2) is 42.8 Å². The second kappa shape index (κ2) is 5.90. The van der Waals surface area contributed by atoms with Crippen LogP contribution < -0.4 is 0 Å². The number of halogens is 1. The van der Waals surface area contributed by atoms with E-state index in [0.29, 0.717) is 6.61 Å². The molecule has 5 nitrogen and oxygen atoms in total. The van der Waals surface area contributed by atoms with Gasteiger partial charge < -0.3 is 18.9 Å². The molecule has 1 aliphatic heterocycles. The van der Waals surface area contributed by atoms with E-state index in [4.69, 9.17) is 18.9 Å². The largest absolute Gasteiger partial charge is 0.464 e. The molecule has 1 saturated heterocycles. The Morgan fingerprint density at radius 3 is 2.85 bits per heavy atom. The molecule has 0 unspecified atom stereocenters. The lowest BCUT2D eigenvalue weighted by molar-refractivity contribution is -0.165. The zero-order chi connectivity index (χ0) is 15.0. The van der Waals surface area contributed by atoms with Crippen molar-refractivity contribution in [3.8, 4) is 0 Å². The smallest absolute Gasteiger partial charge is 0.332 e. The number of carbonyl (C=O) groups is 1. The fraction of sp³-hybridized carbons (Fsp3) is 0.786. The van der Waals surface area contributed by atoms with E-state index in [1.165, 1.54) is 0 Å². The number of rotatable bonds is 4. The van der Waals surface area contributed by atoms with Crippen LogP contribution in [0.4, 0.5) is 0 Å². The molecule has 1 heterocycles. The number of ether oxygens (including phenoxy) is 4. The van der Waals surface area contributed by atoms with Crippen LogP contribution >= 0.6 is 22.6 Å². The molecule has 3 atom stereocenters. The highest BCUT2D eigenvalue weighted by molar-refractivity contribution is 14.1. The Hall–Kier alpha value is -0.180. The molecule has 0 saturated carbocycles. The quantitative estimate of drug-likeness (QED) is 0.540. The Kier molecular flexibility index (Phi) is 4.78. The second-order valence-corrected chi connectivity index (χ2v) is 6.93. The van der Waals surface area contributed by atoms with E-state index in [2.05, 4.69) is 28.7 Å². The first kappa shape index (κ1) is 16.2. The SMILES string of the molecule is CCOC(=O)CO[C@H]1C(I)=CC[C@@]2(C)OC(C)(C)O[C@@H]12. The zero-order valence-corrected chi connectivity index (χ0v) is 14.4. The van der Waals surface area contributed by atoms with Crippen molar-refractivity contribution in [1.29, 1.82) is 0 Å². The van der Waals surface area contributed by atoms with Gasteiger partial charge in [-0.05, 0) is 56.7 Å². The van der Waals surface area contributed by atoms with Crippen molar-refractivity contribution >= 4 is 28.6 Å². The Morgan fingerprint density at radius 1 is 1.50 bits per heavy atom. The summed E-state index contributed by atoms with van der Waals surface area (Å²) in [4.78, 5) is 11.5. The van der Waals surface area contributed by atoms with Gasteiger partial charge in [0.25, 0.3) is 0 Å². The number of fused-ring (bicyclic) bond motifs is 1. The van der Waals surface area contributed by atoms with Gasteiger partial charge in [0.05, 0.1) is 6.61 Å². The standard InChI is InChI=1S/C14H21IO5/c1-5-17-10(16)8-18-11-9(15)6-7-14(4)12(11)19-13(2,3)20-14/h6,11-12H,5,7-8H2,1-4H3/t11-,12-,14+/m0/s1. The van der Waals surface area contributed by atoms with Gasteiger partial charge in [-0.15, -0.1) is 0 Å². The Labute approximate surface area is 133 Å². The summed E-state index contributed by atoms with van der Waals surface area (Å²) >= 11 is 2.23. The lowest BCUT2D eigenvalue weighted by atomic mass is 9.86. The van der Waals surface area contributed by atoms with Crippen LogP contribution in [0.1, 0.15) is 34.1 Å². The number of esters is 1. The monoisotopic (exact) mass is 396 g/mol. The average molecular weight is 396 g/mol. The summed E-state index contributed by atoms with van der Waals surface area (Å²) in [6.45, 7) is 7.86. The van der Waals surface area contributed by atoms with Crippen LogP contribution in [0.2, 0.25) is 0 Å². The van der Waals surface area contributed by atoms with Crippen molar-refractivity contribution in [2.45, 2.75) is 57.7 Å². The van der Waals surface area contributed by atoms with Crippen molar-refractivity contribution in [2.75, 3.05) is 13.2 Å². The molecule has 0 radical (unpaired) electrons. The lowest BCUT2D eigenvalue weighted by Crippen LogP contribution is -2.48. The van der Waals surface area contributed by atoms with Crippen molar-refractivity contribution in [3.63, 3.8) is 0 Å². The van der Waals surface area contributed by atoms with Crippen LogP contribution in [0.3, 0.4) is 0 Å². The molecule has 2 rings (SSSR count). The highest BCUT2D eigenvalue weighted by atomic mass is 127. The molecule has 0 aromatic carbocycles. The zero-order valence-electron chi connectivity index (χ0n) is 12.3. The number of hydrogen-bond acceptors (Lipinski definition) is 5. The number of hydrogen-bond donors (Lipinski definition) is 0. The minimum Gasteiger partial charge on any atom is -0.464 e. The molecular formula is C14H21IO5. The predicted molar refractivity (Wildman–Crippen MR) is 81.5 cm³/mol. The van der Waals surface area contributed by atoms with Gasteiger partial charge in [-0.3, -0.25) is 0 Å². The summed E-state index contributed by atoms with van der Waals surface area (Å²) < 4.78 is 23.6. The molecule has 0 aromatic heterocycles. The van der Waals surface area contributed by atoms with E-state index >= 15 is 0 Å². The predicted octanol–water partition coefficient (Wildman–Crippen LogP) is 2.57. The van der Waals surface area contributed by atoms with Crippen LogP contribution in [0, 0.1) is 0 Å². The molecule has 20 heavy (non-hydrogen) atoms. The van der Waals surface area contributed by atoms with Gasteiger partial charge >= 0.3 is 5.97 Å². The van der Waals surface area contributed by atoms with Crippen molar-refractivity contribution in [3.05, 3.63) is 9.66 Å². The second-order valence-electron chi connectivity index (χ2n) is 5.68. The van der Waals surface area contributed by atoms with Crippen molar-refractivity contribution < 1.29 is 23.7 Å². The van der Waals surface area contributed by atoms with Crippen LogP contribution in [0.25, 0.3) is 0 Å². The molecule has 0 amide bonds. The van der Waals surface area contributed by atoms with Crippen LogP contribution in [0.5, 0.6) is 0 Å². The summed E-state index contributed by atoms with van der Waals surface area (Å²) in [6.07, 6.45) is 2.35. The summed E-state index contributed by atoms with van der Waals surface area (Å²) in [6, 6.07) is 0. The molecule has 0 aromatic rings. The normalized spacial score (nSPS) is 35.4. The van der Waals surface area contributed by atoms with Crippen LogP contribution in [-0.2, 0) is 23.7 Å². The third-order valence-electron chi connectivity index (χ3n) is 3.43. The van der Waals surface area contributed by atoms with E-state index in [9.17, 15) is 4.79 Å². The van der Waals surface area contributed by atoms with E-state index in [1.54, 1.807) is 6.92 Å². The minimum absolute atomic E-state index is 0.0742. The lowest BCUT2D eigenvalue weighted by Gasteiger charge is -2.36. The van der Waals surface area contributed by atoms with Gasteiger partial charge in [0.2, 0.25) is 0 Å². The fourth-order valence-electron chi connectivity index (χ4n) is 2.70. The van der Waals surface area contributed by atoms with Gasteiger partial charge in [-0.25, -0.2) is 4.79 Å². The third-order valence-corrected chi connectivity index (χ3v) is 4.48. The Bertz CT molecular complexity index is 420. The van der Waals surface area contributed by atoms with Gasteiger partial charge in [0.1, 0.15) is 24.4 Å². The molecule has 114 valence electrons. The van der Waals surface area contributed by atoms with Gasteiger partial charge in [-0.1, -0.05) is 6.08 Å². The molecule has 2 aliphatic rings. The topological polar surface area (TPSA) is 54.0 Å². The Morgan fingerprint density at radius 2 is 2.20 bits per heavy atom. The first-order chi connectivity index (χ1) is 9.27. The van der Waals surface area contributed by atoms with E-state index < -0.39 is 11.4 Å².